The molecule has 0 aliphatic carbocycles. The van der Waals surface area contributed by atoms with Crippen molar-refractivity contribution >= 4 is 23.9 Å². The first kappa shape index (κ1) is 22.4. The first-order valence-electron chi connectivity index (χ1n) is 5.44. The van der Waals surface area contributed by atoms with Gasteiger partial charge in [-0.15, -0.1) is 0 Å². The van der Waals surface area contributed by atoms with Gasteiger partial charge in [0.25, 0.3) is 0 Å². The molecule has 0 saturated heterocycles. The van der Waals surface area contributed by atoms with Crippen molar-refractivity contribution < 1.29 is 81.9 Å². The molecule has 0 N–H and O–H groups in total. The summed E-state index contributed by atoms with van der Waals surface area (Å²) in [6, 6.07) is 0. The maximum absolute atomic E-state index is 10.4. The number of aliphatic carboxylic acids is 4. The van der Waals surface area contributed by atoms with Crippen LogP contribution in [-0.2, 0) is 19.2 Å². The molecule has 0 amide bonds. The van der Waals surface area contributed by atoms with Crippen LogP contribution in [-0.4, -0.2) is 72.9 Å². The van der Waals surface area contributed by atoms with Gasteiger partial charge in [0.1, 0.15) is 0 Å². The van der Waals surface area contributed by atoms with Crippen molar-refractivity contribution in [3.63, 3.8) is 0 Å². The summed E-state index contributed by atoms with van der Waals surface area (Å²) in [5.41, 5.74) is 0. The summed E-state index contributed by atoms with van der Waals surface area (Å²) in [7, 11) is 0. The molecule has 0 heterocycles. The minimum Gasteiger partial charge on any atom is -0.549 e. The molecule has 21 heavy (non-hydrogen) atoms. The van der Waals surface area contributed by atoms with Gasteiger partial charge in [0.05, 0.1) is 23.9 Å². The Labute approximate surface area is 154 Å². The molecular formula is C10H13N2NdO8. The average molecular weight is 433 g/mol. The minimum absolute atomic E-state index is 0. The van der Waals surface area contributed by atoms with Gasteiger partial charge in [-0.2, -0.15) is 0 Å². The van der Waals surface area contributed by atoms with Crippen molar-refractivity contribution in [1.82, 2.24) is 9.80 Å². The Morgan fingerprint density at radius 1 is 0.619 bits per heavy atom. The summed E-state index contributed by atoms with van der Waals surface area (Å²) < 4.78 is 0. The van der Waals surface area contributed by atoms with Gasteiger partial charge in [-0.25, -0.2) is 0 Å². The fourth-order valence-corrected chi connectivity index (χ4v) is 1.44. The monoisotopic (exact) mass is 431 g/mol. The summed E-state index contributed by atoms with van der Waals surface area (Å²) in [6.45, 7) is -3.25. The number of carbonyl (C=O) groups excluding carboxylic acids is 4. The Balaban J connectivity index is -0.00000180. The Kier molecular flexibility index (Phi) is 12.6. The second-order valence-electron chi connectivity index (χ2n) is 3.91. The topological polar surface area (TPSA) is 167 Å². The number of nitrogens with zero attached hydrogens (tertiary/aromatic N) is 2. The van der Waals surface area contributed by atoms with Gasteiger partial charge in [-0.1, -0.05) is 0 Å². The van der Waals surface area contributed by atoms with Crippen LogP contribution in [0.4, 0.5) is 0 Å². The summed E-state index contributed by atoms with van der Waals surface area (Å²) in [4.78, 5) is 43.4. The van der Waals surface area contributed by atoms with Gasteiger partial charge in [-0.3, -0.25) is 9.80 Å². The second kappa shape index (κ2) is 11.8. The molecule has 11 heteroatoms. The summed E-state index contributed by atoms with van der Waals surface area (Å²) in [6.07, 6.45) is 0. The Hall–Kier alpha value is -0.849. The summed E-state index contributed by atoms with van der Waals surface area (Å²) in [5.74, 6) is -6.12. The Morgan fingerprint density at radius 2 is 0.810 bits per heavy atom. The number of carboxylic acids is 4. The number of hydrogen-bond acceptors (Lipinski definition) is 10. The van der Waals surface area contributed by atoms with E-state index in [2.05, 4.69) is 0 Å². The van der Waals surface area contributed by atoms with Crippen LogP contribution in [0.25, 0.3) is 0 Å². The van der Waals surface area contributed by atoms with E-state index in [0.717, 1.165) is 9.80 Å². The van der Waals surface area contributed by atoms with Crippen LogP contribution in [0.15, 0.2) is 0 Å². The second-order valence-corrected chi connectivity index (χ2v) is 3.91. The standard InChI is InChI=1S/C10H16N2O8.Nd/c13-7(14)3-11(4-8(15)16)1-2-12(5-9(17)18)6-10(19)20;/h1-6H2,(H,13,14)(H,15,16)(H,17,18)(H,19,20);/q;+3/p-3. The number of hydrogen-bond donors (Lipinski definition) is 0. The molecule has 10 nitrogen and oxygen atoms in total. The molecule has 115 valence electrons. The SMILES string of the molecule is O=C([O-])CN(CCN(CC(=O)[O-])CC(=O)[O-])CC(=O)[O-].[H+].[Nd+3]. The maximum Gasteiger partial charge on any atom is 3.00 e. The fraction of sp³-hybridized carbons (Fsp3) is 0.600. The van der Waals surface area contributed by atoms with E-state index in [1.807, 2.05) is 0 Å². The van der Waals surface area contributed by atoms with Crippen LogP contribution >= 0.6 is 0 Å². The minimum atomic E-state index is -1.53. The molecular weight excluding hydrogens is 420 g/mol. The molecule has 0 aliphatic heterocycles. The fourth-order valence-electron chi connectivity index (χ4n) is 1.44. The Morgan fingerprint density at radius 3 is 0.952 bits per heavy atom. The van der Waals surface area contributed by atoms with E-state index in [-0.39, 0.29) is 55.4 Å². The third-order valence-corrected chi connectivity index (χ3v) is 2.14. The van der Waals surface area contributed by atoms with Crippen LogP contribution in [0.3, 0.4) is 0 Å². The molecule has 0 aromatic carbocycles. The molecule has 1 radical (unpaired) electrons. The quantitative estimate of drug-likeness (QED) is 0.305. The van der Waals surface area contributed by atoms with Gasteiger partial charge in [0.15, 0.2) is 0 Å². The van der Waals surface area contributed by atoms with Crippen LogP contribution in [0, 0.1) is 40.8 Å². The largest absolute Gasteiger partial charge is 3.00 e. The van der Waals surface area contributed by atoms with Gasteiger partial charge >= 0.3 is 42.3 Å². The van der Waals surface area contributed by atoms with Gasteiger partial charge in [0.2, 0.25) is 0 Å². The average Bonchev–Trinajstić information content (AvgIpc) is 2.22. The number of carboxylic acid groups (broad SMARTS) is 4. The van der Waals surface area contributed by atoms with Crippen molar-refractivity contribution in [3.8, 4) is 0 Å². The zero-order valence-electron chi connectivity index (χ0n) is 11.9. The molecule has 0 atom stereocenters. The first-order chi connectivity index (χ1) is 9.20. The van der Waals surface area contributed by atoms with E-state index in [1.54, 1.807) is 0 Å². The van der Waals surface area contributed by atoms with E-state index in [4.69, 9.17) is 0 Å². The Bertz CT molecular complexity index is 327. The van der Waals surface area contributed by atoms with Gasteiger partial charge < -0.3 is 39.6 Å². The smallest absolute Gasteiger partial charge is 0.549 e. The molecule has 0 saturated carbocycles. The van der Waals surface area contributed by atoms with Crippen molar-refractivity contribution in [1.29, 1.82) is 0 Å². The van der Waals surface area contributed by atoms with Crippen molar-refractivity contribution in [2.75, 3.05) is 39.3 Å². The van der Waals surface area contributed by atoms with Crippen molar-refractivity contribution in [2.45, 2.75) is 0 Å². The van der Waals surface area contributed by atoms with E-state index in [1.165, 1.54) is 0 Å². The third-order valence-electron chi connectivity index (χ3n) is 2.14. The zero-order chi connectivity index (χ0) is 15.7. The van der Waals surface area contributed by atoms with Crippen LogP contribution in [0.1, 0.15) is 1.43 Å². The third kappa shape index (κ3) is 13.9. The number of rotatable bonds is 11. The van der Waals surface area contributed by atoms with E-state index in [9.17, 15) is 39.6 Å². The van der Waals surface area contributed by atoms with Crippen LogP contribution in [0.2, 0.25) is 0 Å². The van der Waals surface area contributed by atoms with E-state index >= 15 is 0 Å². The normalized spacial score (nSPS) is 10.2. The molecule has 0 fully saturated rings. The van der Waals surface area contributed by atoms with Crippen molar-refractivity contribution in [3.05, 3.63) is 0 Å². The molecule has 0 rings (SSSR count). The van der Waals surface area contributed by atoms with E-state index < -0.39 is 50.1 Å². The molecule has 0 aromatic rings. The van der Waals surface area contributed by atoms with Crippen LogP contribution < -0.4 is 20.4 Å². The molecule has 0 unspecified atom stereocenters. The maximum atomic E-state index is 10.4. The molecule has 0 spiro atoms. The zero-order valence-corrected chi connectivity index (χ0v) is 14.1. The first-order valence-corrected chi connectivity index (χ1v) is 5.44. The van der Waals surface area contributed by atoms with E-state index in [0.29, 0.717) is 0 Å². The molecule has 0 bridgehead atoms. The molecule has 0 aliphatic rings. The summed E-state index contributed by atoms with van der Waals surface area (Å²) >= 11 is 0. The van der Waals surface area contributed by atoms with Gasteiger partial charge in [0, 0.05) is 39.3 Å². The van der Waals surface area contributed by atoms with Crippen molar-refractivity contribution in [2.24, 2.45) is 0 Å². The predicted molar refractivity (Wildman–Crippen MR) is 54.0 cm³/mol. The predicted octanol–water partition coefficient (Wildman–Crippen LogP) is -7.30. The number of carbonyl (C=O) groups is 4. The summed E-state index contributed by atoms with van der Waals surface area (Å²) in [5, 5.41) is 41.6. The van der Waals surface area contributed by atoms with Crippen LogP contribution in [0.5, 0.6) is 0 Å². The van der Waals surface area contributed by atoms with Gasteiger partial charge in [-0.05, 0) is 0 Å². The molecule has 0 aromatic heterocycles.